The summed E-state index contributed by atoms with van der Waals surface area (Å²) in [6.07, 6.45) is 8.45. The number of nitrogens with zero attached hydrogens (tertiary/aromatic N) is 1. The van der Waals surface area contributed by atoms with Gasteiger partial charge < -0.3 is 10.2 Å². The second-order valence-electron chi connectivity index (χ2n) is 5.84. The fourth-order valence-electron chi connectivity index (χ4n) is 2.84. The molecule has 0 spiro atoms. The fourth-order valence-corrected chi connectivity index (χ4v) is 3.53. The van der Waals surface area contributed by atoms with E-state index in [4.69, 9.17) is 0 Å². The lowest BCUT2D eigenvalue weighted by atomic mass is 9.89. The van der Waals surface area contributed by atoms with Gasteiger partial charge in [-0.15, -0.1) is 11.3 Å². The van der Waals surface area contributed by atoms with Crippen LogP contribution in [-0.4, -0.2) is 38.1 Å². The van der Waals surface area contributed by atoms with Gasteiger partial charge in [0.2, 0.25) is 0 Å². The first-order valence-electron chi connectivity index (χ1n) is 7.76. The maximum Gasteiger partial charge on any atom is 0.0104 e. The summed E-state index contributed by atoms with van der Waals surface area (Å²) in [5, 5.41) is 5.81. The lowest BCUT2D eigenvalue weighted by Crippen LogP contribution is -2.33. The second-order valence-corrected chi connectivity index (χ2v) is 6.87. The highest BCUT2D eigenvalue weighted by Gasteiger charge is 2.12. The average molecular weight is 280 g/mol. The smallest absolute Gasteiger partial charge is 0.0104 e. The van der Waals surface area contributed by atoms with Crippen LogP contribution in [-0.2, 0) is 6.42 Å². The van der Waals surface area contributed by atoms with Gasteiger partial charge in [-0.1, -0.05) is 25.3 Å². The summed E-state index contributed by atoms with van der Waals surface area (Å²) in [7, 11) is 2.23. The predicted octanol–water partition coefficient (Wildman–Crippen LogP) is 3.39. The predicted molar refractivity (Wildman–Crippen MR) is 85.0 cm³/mol. The Hall–Kier alpha value is -0.380. The molecule has 2 nitrogen and oxygen atoms in total. The molecule has 19 heavy (non-hydrogen) atoms. The lowest BCUT2D eigenvalue weighted by Gasteiger charge is -2.23. The Balaban J connectivity index is 1.48. The molecule has 0 aliphatic heterocycles. The van der Waals surface area contributed by atoms with Crippen LogP contribution < -0.4 is 5.32 Å². The van der Waals surface area contributed by atoms with E-state index in [0.717, 1.165) is 19.0 Å². The van der Waals surface area contributed by atoms with Crippen LogP contribution >= 0.6 is 11.3 Å². The fraction of sp³-hybridized carbons (Fsp3) is 0.750. The molecule has 0 aromatic carbocycles. The lowest BCUT2D eigenvalue weighted by molar-refractivity contribution is 0.311. The van der Waals surface area contributed by atoms with Crippen LogP contribution in [0.1, 0.15) is 37.0 Å². The first kappa shape index (κ1) is 15.0. The Bertz CT molecular complexity index is 317. The highest BCUT2D eigenvalue weighted by atomic mass is 32.1. The first-order chi connectivity index (χ1) is 9.34. The molecule has 1 saturated carbocycles. The van der Waals surface area contributed by atoms with E-state index in [1.807, 2.05) is 11.3 Å². The zero-order valence-electron chi connectivity index (χ0n) is 12.2. The molecule has 0 unspecified atom stereocenters. The van der Waals surface area contributed by atoms with E-state index in [2.05, 4.69) is 34.8 Å². The van der Waals surface area contributed by atoms with Crippen molar-refractivity contribution in [1.29, 1.82) is 0 Å². The maximum absolute atomic E-state index is 3.64. The minimum atomic E-state index is 0.949. The zero-order valence-corrected chi connectivity index (χ0v) is 13.1. The second kappa shape index (κ2) is 8.72. The molecule has 1 heterocycles. The Labute approximate surface area is 122 Å². The Morgan fingerprint density at radius 1 is 1.26 bits per heavy atom. The molecule has 1 aromatic heterocycles. The molecule has 0 amide bonds. The van der Waals surface area contributed by atoms with Crippen LogP contribution in [0.15, 0.2) is 17.5 Å². The van der Waals surface area contributed by atoms with Crippen LogP contribution in [0.3, 0.4) is 0 Å². The Morgan fingerprint density at radius 3 is 2.84 bits per heavy atom. The minimum Gasteiger partial charge on any atom is -0.315 e. The summed E-state index contributed by atoms with van der Waals surface area (Å²) >= 11 is 1.87. The molecule has 1 N–H and O–H groups in total. The molecular formula is C16H28N2S. The SMILES string of the molecule is CN(CCNCC1CCCCC1)CCc1cccs1. The van der Waals surface area contributed by atoms with Gasteiger partial charge in [0, 0.05) is 24.5 Å². The summed E-state index contributed by atoms with van der Waals surface area (Å²) < 4.78 is 0. The number of nitrogens with one attached hydrogen (secondary N) is 1. The van der Waals surface area contributed by atoms with Crippen LogP contribution in [0, 0.1) is 5.92 Å². The number of hydrogen-bond acceptors (Lipinski definition) is 3. The van der Waals surface area contributed by atoms with Crippen molar-refractivity contribution in [2.75, 3.05) is 33.2 Å². The first-order valence-corrected chi connectivity index (χ1v) is 8.64. The van der Waals surface area contributed by atoms with E-state index < -0.39 is 0 Å². The number of rotatable bonds is 8. The van der Waals surface area contributed by atoms with Crippen LogP contribution in [0.5, 0.6) is 0 Å². The van der Waals surface area contributed by atoms with E-state index in [1.54, 1.807) is 0 Å². The third kappa shape index (κ3) is 6.07. The molecule has 1 aliphatic rings. The van der Waals surface area contributed by atoms with E-state index in [0.29, 0.717) is 0 Å². The van der Waals surface area contributed by atoms with Crippen LogP contribution in [0.4, 0.5) is 0 Å². The number of hydrogen-bond donors (Lipinski definition) is 1. The highest BCUT2D eigenvalue weighted by molar-refractivity contribution is 7.09. The van der Waals surface area contributed by atoms with Gasteiger partial charge in [-0.3, -0.25) is 0 Å². The normalized spacial score (nSPS) is 17.2. The van der Waals surface area contributed by atoms with Crippen molar-refractivity contribution in [3.8, 4) is 0 Å². The standard InChI is InChI=1S/C16H28N2S/c1-18(11-9-16-8-5-13-19-16)12-10-17-14-15-6-3-2-4-7-15/h5,8,13,15,17H,2-4,6-7,9-12,14H2,1H3. The van der Waals surface area contributed by atoms with Crippen molar-refractivity contribution >= 4 is 11.3 Å². The van der Waals surface area contributed by atoms with Crippen molar-refractivity contribution in [2.45, 2.75) is 38.5 Å². The van der Waals surface area contributed by atoms with Gasteiger partial charge in [0.05, 0.1) is 0 Å². The summed E-state index contributed by atoms with van der Waals surface area (Å²) in [6, 6.07) is 4.38. The molecule has 0 saturated heterocycles. The van der Waals surface area contributed by atoms with Crippen LogP contribution in [0.25, 0.3) is 0 Å². The summed E-state index contributed by atoms with van der Waals surface area (Å²) in [5.74, 6) is 0.949. The molecule has 3 heteroatoms. The molecule has 1 aliphatic carbocycles. The minimum absolute atomic E-state index is 0.949. The van der Waals surface area contributed by atoms with E-state index in [9.17, 15) is 0 Å². The van der Waals surface area contributed by atoms with Gasteiger partial charge in [-0.2, -0.15) is 0 Å². The molecule has 108 valence electrons. The summed E-state index contributed by atoms with van der Waals surface area (Å²) in [4.78, 5) is 3.94. The van der Waals surface area contributed by atoms with E-state index in [1.165, 1.54) is 56.5 Å². The molecule has 0 radical (unpaired) electrons. The third-order valence-corrected chi connectivity index (χ3v) is 5.08. The monoisotopic (exact) mass is 280 g/mol. The van der Waals surface area contributed by atoms with Crippen molar-refractivity contribution in [2.24, 2.45) is 5.92 Å². The van der Waals surface area contributed by atoms with Crippen molar-refractivity contribution in [3.05, 3.63) is 22.4 Å². The van der Waals surface area contributed by atoms with Crippen molar-refractivity contribution in [3.63, 3.8) is 0 Å². The van der Waals surface area contributed by atoms with Gasteiger partial charge in [0.25, 0.3) is 0 Å². The zero-order chi connectivity index (χ0) is 13.3. The number of thiophene rings is 1. The Morgan fingerprint density at radius 2 is 2.11 bits per heavy atom. The molecule has 1 aromatic rings. The quantitative estimate of drug-likeness (QED) is 0.734. The van der Waals surface area contributed by atoms with Gasteiger partial charge in [0.15, 0.2) is 0 Å². The van der Waals surface area contributed by atoms with Crippen LogP contribution in [0.2, 0.25) is 0 Å². The van der Waals surface area contributed by atoms with Gasteiger partial charge in [0.1, 0.15) is 0 Å². The molecule has 1 fully saturated rings. The van der Waals surface area contributed by atoms with Crippen molar-refractivity contribution in [1.82, 2.24) is 10.2 Å². The molecule has 0 atom stereocenters. The topological polar surface area (TPSA) is 15.3 Å². The summed E-state index contributed by atoms with van der Waals surface area (Å²) in [5.41, 5.74) is 0. The van der Waals surface area contributed by atoms with E-state index >= 15 is 0 Å². The largest absolute Gasteiger partial charge is 0.315 e. The maximum atomic E-state index is 3.64. The van der Waals surface area contributed by atoms with Gasteiger partial charge in [-0.05, 0) is 50.2 Å². The highest BCUT2D eigenvalue weighted by Crippen LogP contribution is 2.22. The average Bonchev–Trinajstić information content (AvgIpc) is 2.96. The van der Waals surface area contributed by atoms with Gasteiger partial charge in [-0.25, -0.2) is 0 Å². The van der Waals surface area contributed by atoms with Gasteiger partial charge >= 0.3 is 0 Å². The third-order valence-electron chi connectivity index (χ3n) is 4.15. The molecule has 2 rings (SSSR count). The summed E-state index contributed by atoms with van der Waals surface area (Å²) in [6.45, 7) is 4.71. The molecule has 0 bridgehead atoms. The van der Waals surface area contributed by atoms with Crippen molar-refractivity contribution < 1.29 is 0 Å². The number of likely N-dealkylation sites (N-methyl/N-ethyl adjacent to an activating group) is 1. The Kier molecular flexibility index (Phi) is 6.90. The molecular weight excluding hydrogens is 252 g/mol. The van der Waals surface area contributed by atoms with E-state index in [-0.39, 0.29) is 0 Å².